The first-order valence-corrected chi connectivity index (χ1v) is 9.63. The van der Waals surface area contributed by atoms with Crippen molar-refractivity contribution >= 4 is 23.4 Å². The van der Waals surface area contributed by atoms with Crippen LogP contribution in [0.15, 0.2) is 46.0 Å². The largest absolute Gasteiger partial charge is 0.493 e. The fourth-order valence-corrected chi connectivity index (χ4v) is 3.10. The van der Waals surface area contributed by atoms with E-state index in [1.165, 1.54) is 21.3 Å². The van der Waals surface area contributed by atoms with Crippen LogP contribution in [0.3, 0.4) is 0 Å². The van der Waals surface area contributed by atoms with Crippen LogP contribution in [0.4, 0.5) is 5.69 Å². The number of benzene rings is 2. The second kappa shape index (κ2) is 9.67. The molecule has 154 valence electrons. The van der Waals surface area contributed by atoms with Gasteiger partial charge in [0.2, 0.25) is 17.5 Å². The Kier molecular flexibility index (Phi) is 6.77. The van der Waals surface area contributed by atoms with Crippen LogP contribution >= 0.6 is 11.8 Å². The number of carbonyl (C=O) groups is 1. The van der Waals surface area contributed by atoms with Crippen molar-refractivity contribution in [1.29, 1.82) is 5.26 Å². The fourth-order valence-electron chi connectivity index (χ4n) is 2.54. The lowest BCUT2D eigenvalue weighted by atomic mass is 10.2. The zero-order valence-electron chi connectivity index (χ0n) is 16.5. The number of anilines is 1. The molecular formula is C20H18N4O5S. The lowest BCUT2D eigenvalue weighted by Gasteiger charge is -2.12. The Hall–Kier alpha value is -3.71. The minimum Gasteiger partial charge on any atom is -0.493 e. The molecule has 0 saturated carbocycles. The maximum atomic E-state index is 12.1. The summed E-state index contributed by atoms with van der Waals surface area (Å²) in [5, 5.41) is 19.8. The monoisotopic (exact) mass is 426 g/mol. The highest BCUT2D eigenvalue weighted by atomic mass is 32.2. The van der Waals surface area contributed by atoms with E-state index in [9.17, 15) is 4.79 Å². The number of aromatic nitrogens is 2. The molecule has 0 saturated heterocycles. The number of carbonyl (C=O) groups excluding carboxylic acids is 1. The zero-order chi connectivity index (χ0) is 21.5. The van der Waals surface area contributed by atoms with Gasteiger partial charge in [0.15, 0.2) is 11.5 Å². The normalized spacial score (nSPS) is 10.2. The summed E-state index contributed by atoms with van der Waals surface area (Å²) in [5.74, 6) is 1.47. The molecule has 30 heavy (non-hydrogen) atoms. The van der Waals surface area contributed by atoms with E-state index in [1.54, 1.807) is 36.4 Å². The van der Waals surface area contributed by atoms with Gasteiger partial charge in [0.05, 0.1) is 38.7 Å². The van der Waals surface area contributed by atoms with Gasteiger partial charge in [-0.3, -0.25) is 4.79 Å². The topological polar surface area (TPSA) is 120 Å². The minimum atomic E-state index is -0.239. The molecule has 0 spiro atoms. The SMILES string of the molecule is COc1cc(-c2nnc(SCC(=O)Nc3ccc(C#N)cc3)o2)cc(OC)c1OC. The van der Waals surface area contributed by atoms with Gasteiger partial charge in [-0.25, -0.2) is 0 Å². The van der Waals surface area contributed by atoms with Crippen LogP contribution in [-0.2, 0) is 4.79 Å². The molecule has 3 rings (SSSR count). The highest BCUT2D eigenvalue weighted by molar-refractivity contribution is 7.99. The van der Waals surface area contributed by atoms with Gasteiger partial charge < -0.3 is 23.9 Å². The Labute approximate surface area is 177 Å². The highest BCUT2D eigenvalue weighted by Gasteiger charge is 2.18. The quantitative estimate of drug-likeness (QED) is 0.541. The van der Waals surface area contributed by atoms with E-state index >= 15 is 0 Å². The molecule has 0 radical (unpaired) electrons. The van der Waals surface area contributed by atoms with Gasteiger partial charge in [-0.15, -0.1) is 10.2 Å². The number of thioether (sulfide) groups is 1. The van der Waals surface area contributed by atoms with Crippen molar-refractivity contribution in [2.75, 3.05) is 32.4 Å². The van der Waals surface area contributed by atoms with Gasteiger partial charge in [-0.2, -0.15) is 5.26 Å². The van der Waals surface area contributed by atoms with Gasteiger partial charge in [0, 0.05) is 11.3 Å². The standard InChI is InChI=1S/C20H18N4O5S/c1-26-15-8-13(9-16(27-2)18(15)28-3)19-23-24-20(29-19)30-11-17(25)22-14-6-4-12(10-21)5-7-14/h4-9H,11H2,1-3H3,(H,22,25). The van der Waals surface area contributed by atoms with Crippen LogP contribution in [0, 0.1) is 11.3 Å². The summed E-state index contributed by atoms with van der Waals surface area (Å²) in [4.78, 5) is 12.1. The number of nitriles is 1. The van der Waals surface area contributed by atoms with Crippen molar-refractivity contribution in [1.82, 2.24) is 10.2 Å². The van der Waals surface area contributed by atoms with Gasteiger partial charge in [0.1, 0.15) is 0 Å². The summed E-state index contributed by atoms with van der Waals surface area (Å²) in [7, 11) is 4.55. The summed E-state index contributed by atoms with van der Waals surface area (Å²) in [6.07, 6.45) is 0. The second-order valence-electron chi connectivity index (χ2n) is 5.81. The predicted octanol–water partition coefficient (Wildman–Crippen LogP) is 3.36. The third-order valence-corrected chi connectivity index (χ3v) is 4.76. The van der Waals surface area contributed by atoms with E-state index < -0.39 is 0 Å². The average Bonchev–Trinajstić information content (AvgIpc) is 3.26. The Morgan fingerprint density at radius 3 is 2.33 bits per heavy atom. The number of nitrogens with one attached hydrogen (secondary N) is 1. The van der Waals surface area contributed by atoms with Crippen molar-refractivity contribution in [2.45, 2.75) is 5.22 Å². The van der Waals surface area contributed by atoms with Gasteiger partial charge in [-0.05, 0) is 36.4 Å². The van der Waals surface area contributed by atoms with Crippen LogP contribution in [0.1, 0.15) is 5.56 Å². The van der Waals surface area contributed by atoms with E-state index in [0.29, 0.717) is 34.1 Å². The van der Waals surface area contributed by atoms with Crippen LogP contribution < -0.4 is 19.5 Å². The molecule has 3 aromatic rings. The smallest absolute Gasteiger partial charge is 0.277 e. The Morgan fingerprint density at radius 1 is 1.10 bits per heavy atom. The molecule has 1 N–H and O–H groups in total. The second-order valence-corrected chi connectivity index (χ2v) is 6.74. The maximum Gasteiger partial charge on any atom is 0.277 e. The summed E-state index contributed by atoms with van der Waals surface area (Å²) in [5.41, 5.74) is 1.71. The molecule has 0 fully saturated rings. The summed E-state index contributed by atoms with van der Waals surface area (Å²) in [6.45, 7) is 0. The van der Waals surface area contributed by atoms with Crippen LogP contribution in [0.5, 0.6) is 17.2 Å². The number of rotatable bonds is 8. The molecule has 0 bridgehead atoms. The number of hydrogen-bond donors (Lipinski definition) is 1. The van der Waals surface area contributed by atoms with Crippen LogP contribution in [0.25, 0.3) is 11.5 Å². The number of amides is 1. The van der Waals surface area contributed by atoms with Crippen molar-refractivity contribution in [3.63, 3.8) is 0 Å². The Bertz CT molecular complexity index is 1050. The number of hydrogen-bond acceptors (Lipinski definition) is 9. The van der Waals surface area contributed by atoms with E-state index in [4.69, 9.17) is 23.9 Å². The first-order chi connectivity index (χ1) is 14.6. The maximum absolute atomic E-state index is 12.1. The molecule has 1 heterocycles. The first-order valence-electron chi connectivity index (χ1n) is 8.64. The molecule has 0 aliphatic heterocycles. The molecule has 0 aliphatic rings. The van der Waals surface area contributed by atoms with Crippen molar-refractivity contribution in [2.24, 2.45) is 0 Å². The predicted molar refractivity (Wildman–Crippen MR) is 110 cm³/mol. The van der Waals surface area contributed by atoms with Crippen LogP contribution in [-0.4, -0.2) is 43.2 Å². The summed E-state index contributed by atoms with van der Waals surface area (Å²) < 4.78 is 21.6. The minimum absolute atomic E-state index is 0.0802. The fraction of sp³-hybridized carbons (Fsp3) is 0.200. The molecular weight excluding hydrogens is 408 g/mol. The first kappa shape index (κ1) is 21.0. The third kappa shape index (κ3) is 4.82. The summed E-state index contributed by atoms with van der Waals surface area (Å²) >= 11 is 1.11. The van der Waals surface area contributed by atoms with E-state index in [-0.39, 0.29) is 22.8 Å². The lowest BCUT2D eigenvalue weighted by Crippen LogP contribution is -2.13. The number of ether oxygens (including phenoxy) is 3. The molecule has 0 unspecified atom stereocenters. The van der Waals surface area contributed by atoms with E-state index in [2.05, 4.69) is 15.5 Å². The highest BCUT2D eigenvalue weighted by Crippen LogP contribution is 2.41. The van der Waals surface area contributed by atoms with E-state index in [1.807, 2.05) is 6.07 Å². The molecule has 9 nitrogen and oxygen atoms in total. The van der Waals surface area contributed by atoms with Crippen LogP contribution in [0.2, 0.25) is 0 Å². The van der Waals surface area contributed by atoms with Crippen molar-refractivity contribution < 1.29 is 23.4 Å². The molecule has 0 atom stereocenters. The molecule has 1 amide bonds. The van der Waals surface area contributed by atoms with Gasteiger partial charge >= 0.3 is 0 Å². The lowest BCUT2D eigenvalue weighted by molar-refractivity contribution is -0.113. The number of methoxy groups -OCH3 is 3. The average molecular weight is 426 g/mol. The van der Waals surface area contributed by atoms with E-state index in [0.717, 1.165) is 11.8 Å². The Balaban J connectivity index is 1.66. The van der Waals surface area contributed by atoms with Crippen molar-refractivity contribution in [3.05, 3.63) is 42.0 Å². The molecule has 2 aromatic carbocycles. The molecule has 1 aromatic heterocycles. The zero-order valence-corrected chi connectivity index (χ0v) is 17.3. The molecule has 0 aliphatic carbocycles. The molecule has 10 heteroatoms. The Morgan fingerprint density at radius 2 is 1.77 bits per heavy atom. The van der Waals surface area contributed by atoms with Gasteiger partial charge in [0.25, 0.3) is 5.22 Å². The van der Waals surface area contributed by atoms with Gasteiger partial charge in [-0.1, -0.05) is 11.8 Å². The third-order valence-electron chi connectivity index (χ3n) is 3.94. The van der Waals surface area contributed by atoms with Crippen molar-refractivity contribution in [3.8, 4) is 34.8 Å². The summed E-state index contributed by atoms with van der Waals surface area (Å²) in [6, 6.07) is 12.0. The number of nitrogens with zero attached hydrogens (tertiary/aromatic N) is 3.